The molecule has 0 aliphatic carbocycles. The zero-order valence-corrected chi connectivity index (χ0v) is 12.9. The van der Waals surface area contributed by atoms with E-state index in [1.165, 1.54) is 31.4 Å². The van der Waals surface area contributed by atoms with Crippen LogP contribution < -0.4 is 10.6 Å². The highest BCUT2D eigenvalue weighted by Gasteiger charge is 2.09. The van der Waals surface area contributed by atoms with Crippen molar-refractivity contribution in [3.05, 3.63) is 65.5 Å². The van der Waals surface area contributed by atoms with E-state index in [1.54, 1.807) is 24.3 Å². The van der Waals surface area contributed by atoms with Crippen LogP contribution in [0.5, 0.6) is 0 Å². The Hall–Kier alpha value is -2.80. The number of ether oxygens (including phenoxy) is 1. The molecule has 0 fully saturated rings. The minimum atomic E-state index is -0.450. The number of halogens is 1. The van der Waals surface area contributed by atoms with Crippen LogP contribution in [-0.4, -0.2) is 24.1 Å². The van der Waals surface area contributed by atoms with Crippen molar-refractivity contribution in [1.82, 2.24) is 5.32 Å². The van der Waals surface area contributed by atoms with E-state index in [0.29, 0.717) is 11.3 Å². The maximum absolute atomic E-state index is 12.8. The van der Waals surface area contributed by atoms with Crippen molar-refractivity contribution in [2.24, 2.45) is 0 Å². The van der Waals surface area contributed by atoms with Crippen molar-refractivity contribution in [2.45, 2.75) is 0 Å². The summed E-state index contributed by atoms with van der Waals surface area (Å²) < 4.78 is 17.4. The van der Waals surface area contributed by atoms with E-state index in [9.17, 15) is 14.0 Å². The molecule has 1 amide bonds. The number of hydrogen-bond donors (Lipinski definition) is 2. The quantitative estimate of drug-likeness (QED) is 0.668. The standard InChI is InChI=1S/C16H13FN2O3S/c1-22-15(21)11-4-8-13(9-5-11)18-16(23)19-14(20)10-2-6-12(17)7-3-10/h2-9H,1H3,(H2,18,19,20,23). The summed E-state index contributed by atoms with van der Waals surface area (Å²) in [6, 6.07) is 11.5. The molecule has 5 nitrogen and oxygen atoms in total. The van der Waals surface area contributed by atoms with Crippen LogP contribution in [0.15, 0.2) is 48.5 Å². The second-order valence-corrected chi connectivity index (χ2v) is 4.89. The summed E-state index contributed by atoms with van der Waals surface area (Å²) in [5.41, 5.74) is 1.29. The Labute approximate surface area is 137 Å². The largest absolute Gasteiger partial charge is 0.465 e. The Morgan fingerprint density at radius 2 is 1.57 bits per heavy atom. The Balaban J connectivity index is 1.95. The van der Waals surface area contributed by atoms with Gasteiger partial charge in [0.2, 0.25) is 0 Å². The topological polar surface area (TPSA) is 67.4 Å². The average Bonchev–Trinajstić information content (AvgIpc) is 2.55. The van der Waals surface area contributed by atoms with E-state index in [-0.39, 0.29) is 10.7 Å². The first-order chi connectivity index (χ1) is 11.0. The highest BCUT2D eigenvalue weighted by Crippen LogP contribution is 2.10. The Kier molecular flexibility index (Phi) is 5.37. The van der Waals surface area contributed by atoms with Crippen LogP contribution in [-0.2, 0) is 4.74 Å². The first kappa shape index (κ1) is 16.6. The van der Waals surface area contributed by atoms with Crippen molar-refractivity contribution in [2.75, 3.05) is 12.4 Å². The highest BCUT2D eigenvalue weighted by molar-refractivity contribution is 7.80. The number of anilines is 1. The predicted octanol–water partition coefficient (Wildman–Crippen LogP) is 2.74. The zero-order chi connectivity index (χ0) is 16.8. The SMILES string of the molecule is COC(=O)c1ccc(NC(=S)NC(=O)c2ccc(F)cc2)cc1. The lowest BCUT2D eigenvalue weighted by Gasteiger charge is -2.10. The fourth-order valence-corrected chi connectivity index (χ4v) is 1.96. The van der Waals surface area contributed by atoms with Gasteiger partial charge in [-0.3, -0.25) is 10.1 Å². The van der Waals surface area contributed by atoms with E-state index >= 15 is 0 Å². The molecule has 2 N–H and O–H groups in total. The van der Waals surface area contributed by atoms with Crippen molar-refractivity contribution < 1.29 is 18.7 Å². The molecule has 0 saturated carbocycles. The maximum Gasteiger partial charge on any atom is 0.337 e. The zero-order valence-electron chi connectivity index (χ0n) is 12.1. The van der Waals surface area contributed by atoms with Crippen LogP contribution in [0.25, 0.3) is 0 Å². The first-order valence-electron chi connectivity index (χ1n) is 6.56. The summed E-state index contributed by atoms with van der Waals surface area (Å²) in [6.45, 7) is 0. The molecule has 2 rings (SSSR count). The van der Waals surface area contributed by atoms with Crippen LogP contribution in [0, 0.1) is 5.82 Å². The number of benzene rings is 2. The van der Waals surface area contributed by atoms with Crippen LogP contribution in [0.4, 0.5) is 10.1 Å². The first-order valence-corrected chi connectivity index (χ1v) is 6.96. The van der Waals surface area contributed by atoms with Crippen molar-refractivity contribution in [3.8, 4) is 0 Å². The van der Waals surface area contributed by atoms with Gasteiger partial charge >= 0.3 is 5.97 Å². The summed E-state index contributed by atoms with van der Waals surface area (Å²) in [5.74, 6) is -1.31. The van der Waals surface area contributed by atoms with Crippen LogP contribution in [0.1, 0.15) is 20.7 Å². The van der Waals surface area contributed by atoms with Gasteiger partial charge < -0.3 is 10.1 Å². The Morgan fingerprint density at radius 1 is 1.00 bits per heavy atom. The van der Waals surface area contributed by atoms with E-state index in [2.05, 4.69) is 15.4 Å². The number of amides is 1. The molecule has 0 aliphatic heterocycles. The number of hydrogen-bond acceptors (Lipinski definition) is 4. The third-order valence-corrected chi connectivity index (χ3v) is 3.10. The van der Waals surface area contributed by atoms with Gasteiger partial charge in [-0.05, 0) is 60.7 Å². The Morgan fingerprint density at radius 3 is 2.13 bits per heavy atom. The van der Waals surface area contributed by atoms with Crippen molar-refractivity contribution >= 4 is 34.9 Å². The number of esters is 1. The van der Waals surface area contributed by atoms with E-state index in [4.69, 9.17) is 12.2 Å². The molecule has 0 unspecified atom stereocenters. The average molecular weight is 332 g/mol. The van der Waals surface area contributed by atoms with Gasteiger partial charge in [0, 0.05) is 11.3 Å². The van der Waals surface area contributed by atoms with Gasteiger partial charge in [-0.15, -0.1) is 0 Å². The van der Waals surface area contributed by atoms with Gasteiger partial charge in [0.15, 0.2) is 5.11 Å². The van der Waals surface area contributed by atoms with Gasteiger partial charge in [0.05, 0.1) is 12.7 Å². The number of carbonyl (C=O) groups excluding carboxylic acids is 2. The molecular formula is C16H13FN2O3S. The van der Waals surface area contributed by atoms with Crippen LogP contribution in [0.3, 0.4) is 0 Å². The number of rotatable bonds is 3. The third-order valence-electron chi connectivity index (χ3n) is 2.90. The van der Waals surface area contributed by atoms with Gasteiger partial charge in [-0.25, -0.2) is 9.18 Å². The molecule has 2 aromatic carbocycles. The number of carbonyl (C=O) groups is 2. The summed E-state index contributed by atoms with van der Waals surface area (Å²) in [4.78, 5) is 23.2. The molecule has 0 aliphatic rings. The molecule has 0 bridgehead atoms. The number of nitrogens with one attached hydrogen (secondary N) is 2. The Bertz CT molecular complexity index is 730. The molecule has 2 aromatic rings. The normalized spacial score (nSPS) is 9.83. The third kappa shape index (κ3) is 4.58. The minimum Gasteiger partial charge on any atom is -0.465 e. The lowest BCUT2D eigenvalue weighted by molar-refractivity contribution is 0.0600. The fourth-order valence-electron chi connectivity index (χ4n) is 1.75. The number of methoxy groups -OCH3 is 1. The molecule has 0 saturated heterocycles. The molecular weight excluding hydrogens is 319 g/mol. The second kappa shape index (κ2) is 7.46. The summed E-state index contributed by atoms with van der Waals surface area (Å²) in [7, 11) is 1.30. The molecule has 7 heteroatoms. The highest BCUT2D eigenvalue weighted by atomic mass is 32.1. The van der Waals surface area contributed by atoms with Crippen LogP contribution >= 0.6 is 12.2 Å². The summed E-state index contributed by atoms with van der Waals surface area (Å²) >= 11 is 5.04. The summed E-state index contributed by atoms with van der Waals surface area (Å²) in [6.07, 6.45) is 0. The second-order valence-electron chi connectivity index (χ2n) is 4.48. The summed E-state index contributed by atoms with van der Waals surface area (Å²) in [5, 5.41) is 5.38. The van der Waals surface area contributed by atoms with Crippen LogP contribution in [0.2, 0.25) is 0 Å². The fraction of sp³-hybridized carbons (Fsp3) is 0.0625. The lowest BCUT2D eigenvalue weighted by atomic mass is 10.2. The lowest BCUT2D eigenvalue weighted by Crippen LogP contribution is -2.34. The van der Waals surface area contributed by atoms with Gasteiger partial charge in [0.1, 0.15) is 5.82 Å². The molecule has 23 heavy (non-hydrogen) atoms. The monoisotopic (exact) mass is 332 g/mol. The van der Waals surface area contributed by atoms with Crippen molar-refractivity contribution in [1.29, 1.82) is 0 Å². The molecule has 118 valence electrons. The van der Waals surface area contributed by atoms with Gasteiger partial charge in [-0.1, -0.05) is 0 Å². The minimum absolute atomic E-state index is 0.0881. The maximum atomic E-state index is 12.8. The molecule has 0 radical (unpaired) electrons. The molecule has 0 spiro atoms. The van der Waals surface area contributed by atoms with Gasteiger partial charge in [-0.2, -0.15) is 0 Å². The molecule has 0 aromatic heterocycles. The smallest absolute Gasteiger partial charge is 0.337 e. The molecule has 0 atom stereocenters. The molecule has 0 heterocycles. The van der Waals surface area contributed by atoms with E-state index < -0.39 is 17.7 Å². The predicted molar refractivity (Wildman–Crippen MR) is 87.9 cm³/mol. The van der Waals surface area contributed by atoms with Crippen molar-refractivity contribution in [3.63, 3.8) is 0 Å². The number of thiocarbonyl (C=S) groups is 1. The van der Waals surface area contributed by atoms with Gasteiger partial charge in [0.25, 0.3) is 5.91 Å². The van der Waals surface area contributed by atoms with E-state index in [0.717, 1.165) is 0 Å². The van der Waals surface area contributed by atoms with E-state index in [1.807, 2.05) is 0 Å².